The Bertz CT molecular complexity index is 885. The average Bonchev–Trinajstić information content (AvgIpc) is 3.28. The van der Waals surface area contributed by atoms with E-state index in [1.807, 2.05) is 37.3 Å². The Kier molecular flexibility index (Phi) is 4.77. The van der Waals surface area contributed by atoms with Crippen LogP contribution in [0.2, 0.25) is 0 Å². The van der Waals surface area contributed by atoms with Gasteiger partial charge in [-0.3, -0.25) is 0 Å². The number of hydrogen-bond acceptors (Lipinski definition) is 2. The Morgan fingerprint density at radius 3 is 2.19 bits per heavy atom. The minimum Gasteiger partial charge on any atom is -0.481 e. The van der Waals surface area contributed by atoms with Gasteiger partial charge in [0.05, 0.1) is 11.7 Å². The molecule has 0 spiro atoms. The van der Waals surface area contributed by atoms with Crippen LogP contribution in [0, 0.1) is 18.6 Å². The van der Waals surface area contributed by atoms with Crippen LogP contribution in [0.15, 0.2) is 48.5 Å². The van der Waals surface area contributed by atoms with Crippen molar-refractivity contribution in [3.8, 4) is 26.6 Å². The summed E-state index contributed by atoms with van der Waals surface area (Å²) in [6, 6.07) is 14.0. The number of aryl methyl sites for hydroxylation is 1. The Labute approximate surface area is 156 Å². The van der Waals surface area contributed by atoms with E-state index in [4.69, 9.17) is 4.74 Å². The van der Waals surface area contributed by atoms with E-state index in [9.17, 15) is 8.78 Å². The molecule has 0 N–H and O–H groups in total. The van der Waals surface area contributed by atoms with Gasteiger partial charge < -0.3 is 4.74 Å². The van der Waals surface area contributed by atoms with Gasteiger partial charge in [0.2, 0.25) is 0 Å². The zero-order valence-corrected chi connectivity index (χ0v) is 15.4. The first-order chi connectivity index (χ1) is 12.6. The number of hydrogen-bond donors (Lipinski definition) is 0. The molecule has 1 aliphatic rings. The van der Waals surface area contributed by atoms with Crippen LogP contribution in [0.3, 0.4) is 0 Å². The summed E-state index contributed by atoms with van der Waals surface area (Å²) in [7, 11) is 0. The van der Waals surface area contributed by atoms with Crippen LogP contribution in [0.1, 0.15) is 31.2 Å². The van der Waals surface area contributed by atoms with Crippen LogP contribution in [0.5, 0.6) is 5.06 Å². The van der Waals surface area contributed by atoms with Crippen LogP contribution in [0.25, 0.3) is 21.6 Å². The summed E-state index contributed by atoms with van der Waals surface area (Å²) in [5.74, 6) is -1.09. The molecule has 0 aliphatic heterocycles. The van der Waals surface area contributed by atoms with E-state index in [0.717, 1.165) is 29.0 Å². The van der Waals surface area contributed by atoms with Gasteiger partial charge in [0.25, 0.3) is 0 Å². The highest BCUT2D eigenvalue weighted by atomic mass is 32.1. The van der Waals surface area contributed by atoms with E-state index < -0.39 is 11.6 Å². The van der Waals surface area contributed by atoms with Crippen molar-refractivity contribution in [2.24, 2.45) is 0 Å². The molecule has 1 saturated carbocycles. The predicted octanol–water partition coefficient (Wildman–Crippen LogP) is 6.99. The molecular weight excluding hydrogens is 350 g/mol. The summed E-state index contributed by atoms with van der Waals surface area (Å²) >= 11 is 1.30. The molecule has 1 aromatic heterocycles. The Morgan fingerprint density at radius 2 is 1.54 bits per heavy atom. The minimum absolute atomic E-state index is 0.0205. The van der Waals surface area contributed by atoms with E-state index in [1.165, 1.54) is 36.3 Å². The molecule has 0 bridgehead atoms. The lowest BCUT2D eigenvalue weighted by Crippen LogP contribution is -2.09. The fourth-order valence-corrected chi connectivity index (χ4v) is 4.38. The van der Waals surface area contributed by atoms with Crippen molar-refractivity contribution in [1.29, 1.82) is 0 Å². The van der Waals surface area contributed by atoms with E-state index >= 15 is 0 Å². The van der Waals surface area contributed by atoms with Gasteiger partial charge in [0.15, 0.2) is 5.06 Å². The molecule has 0 radical (unpaired) electrons. The summed E-state index contributed by atoms with van der Waals surface area (Å²) in [5, 5.41) is 0.730. The van der Waals surface area contributed by atoms with Gasteiger partial charge >= 0.3 is 0 Å². The van der Waals surface area contributed by atoms with Crippen molar-refractivity contribution in [3.05, 3.63) is 65.7 Å². The van der Waals surface area contributed by atoms with E-state index in [-0.39, 0.29) is 11.7 Å². The molecule has 0 saturated heterocycles. The molecule has 0 amide bonds. The first kappa shape index (κ1) is 17.2. The molecule has 1 heterocycles. The molecule has 2 aromatic carbocycles. The first-order valence-corrected chi connectivity index (χ1v) is 9.75. The smallest absolute Gasteiger partial charge is 0.174 e. The number of rotatable bonds is 4. The topological polar surface area (TPSA) is 9.23 Å². The zero-order chi connectivity index (χ0) is 18.1. The molecule has 0 unspecified atom stereocenters. The fraction of sp³-hybridized carbons (Fsp3) is 0.273. The third kappa shape index (κ3) is 3.51. The molecule has 0 atom stereocenters. The van der Waals surface area contributed by atoms with Crippen molar-refractivity contribution < 1.29 is 13.5 Å². The average molecular weight is 370 g/mol. The van der Waals surface area contributed by atoms with Gasteiger partial charge in [-0.1, -0.05) is 41.2 Å². The molecule has 1 aliphatic carbocycles. The SMILES string of the molecule is Cc1ccc(-c2cc(F)c(-c3ccc(OC4CCCC4)s3)c(F)c2)cc1. The summed E-state index contributed by atoms with van der Waals surface area (Å²) in [6.45, 7) is 1.98. The number of ether oxygens (including phenoxy) is 1. The van der Waals surface area contributed by atoms with E-state index in [0.29, 0.717) is 10.4 Å². The first-order valence-electron chi connectivity index (χ1n) is 8.93. The van der Waals surface area contributed by atoms with Gasteiger partial charge in [-0.25, -0.2) is 8.78 Å². The van der Waals surface area contributed by atoms with Gasteiger partial charge in [0, 0.05) is 4.88 Å². The molecule has 134 valence electrons. The van der Waals surface area contributed by atoms with Crippen LogP contribution < -0.4 is 4.74 Å². The van der Waals surface area contributed by atoms with Gasteiger partial charge in [-0.15, -0.1) is 0 Å². The molecular formula is C22H20F2OS. The zero-order valence-electron chi connectivity index (χ0n) is 14.6. The molecule has 1 fully saturated rings. The third-order valence-corrected chi connectivity index (χ3v) is 5.83. The molecule has 26 heavy (non-hydrogen) atoms. The van der Waals surface area contributed by atoms with Crippen LogP contribution in [-0.2, 0) is 0 Å². The maximum absolute atomic E-state index is 14.7. The largest absolute Gasteiger partial charge is 0.481 e. The fourth-order valence-electron chi connectivity index (χ4n) is 3.41. The van der Waals surface area contributed by atoms with Crippen LogP contribution >= 0.6 is 11.3 Å². The maximum atomic E-state index is 14.7. The van der Waals surface area contributed by atoms with Gasteiger partial charge in [-0.05, 0) is 68.0 Å². The number of benzene rings is 2. The van der Waals surface area contributed by atoms with Crippen molar-refractivity contribution >= 4 is 11.3 Å². The van der Waals surface area contributed by atoms with Crippen molar-refractivity contribution in [2.45, 2.75) is 38.7 Å². The lowest BCUT2D eigenvalue weighted by molar-refractivity contribution is 0.217. The van der Waals surface area contributed by atoms with E-state index in [1.54, 1.807) is 6.07 Å². The maximum Gasteiger partial charge on any atom is 0.174 e. The Morgan fingerprint density at radius 1 is 0.885 bits per heavy atom. The standard InChI is InChI=1S/C22H20F2OS/c1-14-6-8-15(9-7-14)16-12-18(23)22(19(24)13-16)20-10-11-21(26-20)25-17-4-2-3-5-17/h6-13,17H,2-5H2,1H3. The second kappa shape index (κ2) is 7.20. The van der Waals surface area contributed by atoms with Gasteiger partial charge in [-0.2, -0.15) is 0 Å². The van der Waals surface area contributed by atoms with Crippen LogP contribution in [0.4, 0.5) is 8.78 Å². The third-order valence-electron chi connectivity index (χ3n) is 4.84. The highest BCUT2D eigenvalue weighted by Crippen LogP contribution is 2.39. The minimum atomic E-state index is -0.546. The lowest BCUT2D eigenvalue weighted by Gasteiger charge is -2.10. The highest BCUT2D eigenvalue weighted by Gasteiger charge is 2.20. The second-order valence-electron chi connectivity index (χ2n) is 6.82. The van der Waals surface area contributed by atoms with E-state index in [2.05, 4.69) is 0 Å². The molecule has 3 aromatic rings. The van der Waals surface area contributed by atoms with Crippen molar-refractivity contribution in [2.75, 3.05) is 0 Å². The van der Waals surface area contributed by atoms with Gasteiger partial charge in [0.1, 0.15) is 11.6 Å². The summed E-state index contributed by atoms with van der Waals surface area (Å²) in [4.78, 5) is 0.559. The quantitative estimate of drug-likeness (QED) is 0.481. The normalized spacial score (nSPS) is 14.7. The molecule has 4 heteroatoms. The number of thiophene rings is 1. The van der Waals surface area contributed by atoms with Crippen molar-refractivity contribution in [3.63, 3.8) is 0 Å². The predicted molar refractivity (Wildman–Crippen MR) is 103 cm³/mol. The summed E-state index contributed by atoms with van der Waals surface area (Å²) in [5.41, 5.74) is 2.48. The monoisotopic (exact) mass is 370 g/mol. The molecule has 1 nitrogen and oxygen atoms in total. The molecule has 4 rings (SSSR count). The highest BCUT2D eigenvalue weighted by molar-refractivity contribution is 7.17. The Hall–Kier alpha value is -2.20. The van der Waals surface area contributed by atoms with Crippen molar-refractivity contribution in [1.82, 2.24) is 0 Å². The summed E-state index contributed by atoms with van der Waals surface area (Å²) < 4.78 is 35.3. The lowest BCUT2D eigenvalue weighted by atomic mass is 10.0. The second-order valence-corrected chi connectivity index (χ2v) is 7.87. The number of halogens is 2. The van der Waals surface area contributed by atoms with Crippen LogP contribution in [-0.4, -0.2) is 6.10 Å². The summed E-state index contributed by atoms with van der Waals surface area (Å²) in [6.07, 6.45) is 4.72. The Balaban J connectivity index is 1.62.